The van der Waals surface area contributed by atoms with Crippen molar-refractivity contribution in [3.05, 3.63) is 41.4 Å². The number of aliphatic hydroxyl groups excluding tert-OH is 2. The zero-order valence-corrected chi connectivity index (χ0v) is 17.1. The second kappa shape index (κ2) is 12.0. The van der Waals surface area contributed by atoms with Crippen molar-refractivity contribution >= 4 is 23.4 Å². The lowest BCUT2D eigenvalue weighted by atomic mass is 9.88. The van der Waals surface area contributed by atoms with Crippen molar-refractivity contribution in [1.29, 1.82) is 0 Å². The third kappa shape index (κ3) is 8.17. The molecule has 0 amide bonds. The van der Waals surface area contributed by atoms with E-state index in [-0.39, 0.29) is 31.1 Å². The number of Topliss-reactive ketones (excluding diaryl/α,β-unsaturated/α-hetero) is 1. The second-order valence-electron chi connectivity index (χ2n) is 7.49. The summed E-state index contributed by atoms with van der Waals surface area (Å²) in [6.07, 6.45) is 5.85. The maximum atomic E-state index is 12.2. The van der Waals surface area contributed by atoms with Gasteiger partial charge in [0.2, 0.25) is 0 Å². The van der Waals surface area contributed by atoms with Crippen molar-refractivity contribution in [2.24, 2.45) is 11.8 Å². The summed E-state index contributed by atoms with van der Waals surface area (Å²) in [4.78, 5) is 22.7. The molecular formula is C22H29ClO6. The molecule has 1 aromatic carbocycles. The molecule has 4 atom stereocenters. The highest BCUT2D eigenvalue weighted by molar-refractivity contribution is 6.30. The number of aliphatic carboxylic acids is 1. The Morgan fingerprint density at radius 1 is 1.28 bits per heavy atom. The Balaban J connectivity index is 1.79. The Hall–Kier alpha value is -1.89. The van der Waals surface area contributed by atoms with Crippen molar-refractivity contribution in [3.8, 4) is 5.75 Å². The Labute approximate surface area is 176 Å². The average molecular weight is 425 g/mol. The first-order chi connectivity index (χ1) is 13.9. The third-order valence-electron chi connectivity index (χ3n) is 5.17. The normalized spacial score (nSPS) is 22.9. The van der Waals surface area contributed by atoms with Crippen LogP contribution < -0.4 is 4.74 Å². The molecule has 0 saturated heterocycles. The minimum Gasteiger partial charge on any atom is -0.491 e. The highest BCUT2D eigenvalue weighted by atomic mass is 35.5. The molecule has 1 fully saturated rings. The van der Waals surface area contributed by atoms with E-state index in [1.165, 1.54) is 0 Å². The fourth-order valence-electron chi connectivity index (χ4n) is 3.65. The van der Waals surface area contributed by atoms with Gasteiger partial charge in [-0.2, -0.15) is 0 Å². The molecular weight excluding hydrogens is 396 g/mol. The molecule has 3 N–H and O–H groups in total. The molecule has 1 saturated carbocycles. The summed E-state index contributed by atoms with van der Waals surface area (Å²) in [5, 5.41) is 29.5. The van der Waals surface area contributed by atoms with Crippen LogP contribution in [0.2, 0.25) is 5.02 Å². The summed E-state index contributed by atoms with van der Waals surface area (Å²) in [5.41, 5.74) is 0. The number of rotatable bonds is 12. The van der Waals surface area contributed by atoms with Gasteiger partial charge in [-0.15, -0.1) is 0 Å². The van der Waals surface area contributed by atoms with E-state index >= 15 is 0 Å². The Bertz CT molecular complexity index is 704. The number of carboxylic acid groups (broad SMARTS) is 1. The van der Waals surface area contributed by atoms with Crippen LogP contribution >= 0.6 is 11.6 Å². The van der Waals surface area contributed by atoms with Crippen LogP contribution in [0.4, 0.5) is 0 Å². The van der Waals surface area contributed by atoms with Gasteiger partial charge in [-0.1, -0.05) is 49.1 Å². The summed E-state index contributed by atoms with van der Waals surface area (Å²) < 4.78 is 5.50. The number of halogens is 1. The SMILES string of the molecule is O=C(O)CCCCCC[C@H]1[C@@H](O)CC(=O)[C@@H]1/C=C/[C@H](O)COc1cccc(Cl)c1. The van der Waals surface area contributed by atoms with Gasteiger partial charge in [0.05, 0.1) is 6.10 Å². The van der Waals surface area contributed by atoms with Crippen LogP contribution in [0.3, 0.4) is 0 Å². The number of unbranched alkanes of at least 4 members (excludes halogenated alkanes) is 3. The number of carbonyl (C=O) groups excluding carboxylic acids is 1. The minimum absolute atomic E-state index is 0.0208. The van der Waals surface area contributed by atoms with Crippen LogP contribution in [0.5, 0.6) is 5.75 Å². The van der Waals surface area contributed by atoms with Crippen LogP contribution in [0.25, 0.3) is 0 Å². The molecule has 1 aromatic rings. The first-order valence-corrected chi connectivity index (χ1v) is 10.4. The maximum absolute atomic E-state index is 12.2. The van der Waals surface area contributed by atoms with Gasteiger partial charge in [0.25, 0.3) is 0 Å². The molecule has 1 aliphatic carbocycles. The van der Waals surface area contributed by atoms with Crippen LogP contribution in [0.1, 0.15) is 44.9 Å². The predicted molar refractivity (Wildman–Crippen MR) is 110 cm³/mol. The lowest BCUT2D eigenvalue weighted by Gasteiger charge is -2.19. The number of benzene rings is 1. The Morgan fingerprint density at radius 2 is 2.03 bits per heavy atom. The lowest BCUT2D eigenvalue weighted by Crippen LogP contribution is -2.20. The number of aliphatic hydroxyl groups is 2. The standard InChI is InChI=1S/C22H29ClO6/c23-15-6-5-7-17(12-15)29-14-16(24)10-11-19-18(20(25)13-21(19)26)8-3-1-2-4-9-22(27)28/h5-7,10-12,16,18-20,24-25H,1-4,8-9,13-14H2,(H,27,28)/b11-10+/t16-,18+,19+,20-/m0/s1. The smallest absolute Gasteiger partial charge is 0.303 e. The number of hydrogen-bond acceptors (Lipinski definition) is 5. The van der Waals surface area contributed by atoms with Crippen molar-refractivity contribution < 1.29 is 29.6 Å². The lowest BCUT2D eigenvalue weighted by molar-refractivity contribution is -0.137. The van der Waals surface area contributed by atoms with Gasteiger partial charge in [-0.05, 0) is 37.0 Å². The van der Waals surface area contributed by atoms with Gasteiger partial charge >= 0.3 is 5.97 Å². The third-order valence-corrected chi connectivity index (χ3v) is 5.41. The number of ketones is 1. The molecule has 0 aliphatic heterocycles. The molecule has 0 radical (unpaired) electrons. The van der Waals surface area contributed by atoms with Crippen molar-refractivity contribution in [2.75, 3.05) is 6.61 Å². The van der Waals surface area contributed by atoms with E-state index in [1.54, 1.807) is 36.4 Å². The first-order valence-electron chi connectivity index (χ1n) is 10.0. The quantitative estimate of drug-likeness (QED) is 0.349. The molecule has 7 heteroatoms. The monoisotopic (exact) mass is 424 g/mol. The molecule has 0 aromatic heterocycles. The van der Waals surface area contributed by atoms with Crippen LogP contribution in [0, 0.1) is 11.8 Å². The largest absolute Gasteiger partial charge is 0.491 e. The van der Waals surface area contributed by atoms with Gasteiger partial charge in [0, 0.05) is 23.8 Å². The van der Waals surface area contributed by atoms with E-state index in [1.807, 2.05) is 0 Å². The second-order valence-corrected chi connectivity index (χ2v) is 7.93. The molecule has 0 bridgehead atoms. The fraction of sp³-hybridized carbons (Fsp3) is 0.545. The molecule has 6 nitrogen and oxygen atoms in total. The average Bonchev–Trinajstić information content (AvgIpc) is 2.93. The molecule has 0 unspecified atom stereocenters. The molecule has 0 heterocycles. The summed E-state index contributed by atoms with van der Waals surface area (Å²) in [7, 11) is 0. The zero-order valence-electron chi connectivity index (χ0n) is 16.4. The number of ether oxygens (including phenoxy) is 1. The van der Waals surface area contributed by atoms with Crippen LogP contribution in [0.15, 0.2) is 36.4 Å². The van der Waals surface area contributed by atoms with E-state index in [0.717, 1.165) is 19.3 Å². The van der Waals surface area contributed by atoms with Crippen molar-refractivity contribution in [2.45, 2.75) is 57.2 Å². The van der Waals surface area contributed by atoms with Gasteiger partial charge in [-0.25, -0.2) is 0 Å². The fourth-order valence-corrected chi connectivity index (χ4v) is 3.83. The van der Waals surface area contributed by atoms with E-state index in [4.69, 9.17) is 21.4 Å². The topological polar surface area (TPSA) is 104 Å². The zero-order chi connectivity index (χ0) is 21.2. The molecule has 160 valence electrons. The van der Waals surface area contributed by atoms with Gasteiger partial charge in [0.15, 0.2) is 0 Å². The van der Waals surface area contributed by atoms with E-state index in [2.05, 4.69) is 0 Å². The van der Waals surface area contributed by atoms with Crippen LogP contribution in [-0.2, 0) is 9.59 Å². The van der Waals surface area contributed by atoms with Crippen molar-refractivity contribution in [1.82, 2.24) is 0 Å². The highest BCUT2D eigenvalue weighted by Gasteiger charge is 2.39. The van der Waals surface area contributed by atoms with E-state index in [0.29, 0.717) is 23.6 Å². The number of carbonyl (C=O) groups is 2. The van der Waals surface area contributed by atoms with Crippen molar-refractivity contribution in [3.63, 3.8) is 0 Å². The summed E-state index contributed by atoms with van der Waals surface area (Å²) in [6, 6.07) is 6.88. The Morgan fingerprint density at radius 3 is 2.76 bits per heavy atom. The maximum Gasteiger partial charge on any atom is 0.303 e. The molecule has 2 rings (SSSR count). The number of allylic oxidation sites excluding steroid dienone is 1. The minimum atomic E-state index is -0.879. The molecule has 1 aliphatic rings. The molecule has 29 heavy (non-hydrogen) atoms. The highest BCUT2D eigenvalue weighted by Crippen LogP contribution is 2.34. The van der Waals surface area contributed by atoms with E-state index in [9.17, 15) is 19.8 Å². The van der Waals surface area contributed by atoms with Gasteiger partial charge < -0.3 is 20.1 Å². The first kappa shape index (κ1) is 23.4. The van der Waals surface area contributed by atoms with E-state index < -0.39 is 24.1 Å². The van der Waals surface area contributed by atoms with Gasteiger partial charge in [-0.3, -0.25) is 9.59 Å². The number of carboxylic acids is 1. The summed E-state index contributed by atoms with van der Waals surface area (Å²) in [6.45, 7) is 0.0363. The van der Waals surface area contributed by atoms with Gasteiger partial charge in [0.1, 0.15) is 24.2 Å². The summed E-state index contributed by atoms with van der Waals surface area (Å²) >= 11 is 5.89. The predicted octanol–water partition coefficient (Wildman–Crippen LogP) is 3.63. The Kier molecular flexibility index (Phi) is 9.64. The van der Waals surface area contributed by atoms with Crippen LogP contribution in [-0.4, -0.2) is 45.9 Å². The molecule has 0 spiro atoms. The number of hydrogen-bond donors (Lipinski definition) is 3. The summed E-state index contributed by atoms with van der Waals surface area (Å²) in [5.74, 6) is -0.834.